The first kappa shape index (κ1) is 20.4. The van der Waals surface area contributed by atoms with Gasteiger partial charge in [0, 0.05) is 11.4 Å². The smallest absolute Gasteiger partial charge is 0.341 e. The summed E-state index contributed by atoms with van der Waals surface area (Å²) >= 11 is 2.71. The van der Waals surface area contributed by atoms with Gasteiger partial charge in [-0.1, -0.05) is 31.5 Å². The maximum Gasteiger partial charge on any atom is 0.341 e. The number of unbranched alkanes of at least 4 members (excludes halogenated alkanes) is 2. The highest BCUT2D eigenvalue weighted by molar-refractivity contribution is 7.99. The second-order valence-corrected chi connectivity index (χ2v) is 8.00. The number of ether oxygens (including phenoxy) is 1. The summed E-state index contributed by atoms with van der Waals surface area (Å²) in [5, 5.41) is 12.1. The molecule has 1 N–H and O–H groups in total. The van der Waals surface area contributed by atoms with Gasteiger partial charge in [0.25, 0.3) is 0 Å². The van der Waals surface area contributed by atoms with E-state index in [-0.39, 0.29) is 11.7 Å². The van der Waals surface area contributed by atoms with Gasteiger partial charge in [-0.15, -0.1) is 21.5 Å². The summed E-state index contributed by atoms with van der Waals surface area (Å²) in [7, 11) is 1.33. The molecule has 0 saturated carbocycles. The van der Waals surface area contributed by atoms with Crippen molar-refractivity contribution in [3.05, 3.63) is 22.3 Å². The molecule has 2 rings (SSSR count). The number of nitrogens with zero attached hydrogens (tertiary/aromatic N) is 3. The Hall–Kier alpha value is -1.87. The number of thioether (sulfide) groups is 1. The monoisotopic (exact) mass is 396 g/mol. The number of nitrogens with one attached hydrogen (secondary N) is 1. The van der Waals surface area contributed by atoms with E-state index in [1.807, 2.05) is 18.4 Å². The van der Waals surface area contributed by atoms with Crippen molar-refractivity contribution in [1.29, 1.82) is 0 Å². The molecule has 2 aromatic rings. The highest BCUT2D eigenvalue weighted by Gasteiger charge is 2.21. The number of anilines is 1. The Labute approximate surface area is 161 Å². The number of amides is 1. The van der Waals surface area contributed by atoms with Crippen molar-refractivity contribution in [1.82, 2.24) is 14.8 Å². The number of carbonyl (C=O) groups is 2. The number of hydrogen-bond acceptors (Lipinski definition) is 7. The van der Waals surface area contributed by atoms with Crippen LogP contribution in [0.5, 0.6) is 0 Å². The molecule has 0 fully saturated rings. The molecule has 0 unspecified atom stereocenters. The quantitative estimate of drug-likeness (QED) is 0.395. The highest BCUT2D eigenvalue weighted by Crippen LogP contribution is 2.33. The Morgan fingerprint density at radius 2 is 2.12 bits per heavy atom. The minimum Gasteiger partial charge on any atom is -0.465 e. The van der Waals surface area contributed by atoms with E-state index in [1.54, 1.807) is 6.33 Å². The number of hydrogen-bond donors (Lipinski definition) is 1. The average molecular weight is 397 g/mol. The highest BCUT2D eigenvalue weighted by atomic mass is 32.2. The van der Waals surface area contributed by atoms with Crippen molar-refractivity contribution in [3.63, 3.8) is 0 Å². The predicted octanol–water partition coefficient (Wildman–Crippen LogP) is 3.66. The molecule has 0 atom stereocenters. The molecular formula is C17H24N4O3S2. The summed E-state index contributed by atoms with van der Waals surface area (Å²) in [5.41, 5.74) is 1.26. The van der Waals surface area contributed by atoms with Gasteiger partial charge in [-0.2, -0.15) is 0 Å². The largest absolute Gasteiger partial charge is 0.465 e. The molecule has 26 heavy (non-hydrogen) atoms. The third-order valence-electron chi connectivity index (χ3n) is 3.94. The molecule has 0 aromatic carbocycles. The van der Waals surface area contributed by atoms with Crippen LogP contribution < -0.4 is 5.32 Å². The number of carbonyl (C=O) groups excluding carboxylic acids is 2. The van der Waals surface area contributed by atoms with Crippen LogP contribution in [-0.2, 0) is 16.1 Å². The average Bonchev–Trinajstić information content (AvgIpc) is 3.17. The molecule has 142 valence electrons. The van der Waals surface area contributed by atoms with Gasteiger partial charge in [-0.3, -0.25) is 4.79 Å². The number of thiophene rings is 1. The van der Waals surface area contributed by atoms with Crippen LogP contribution in [0.15, 0.2) is 11.5 Å². The number of rotatable bonds is 9. The zero-order chi connectivity index (χ0) is 19.1. The minimum atomic E-state index is -0.439. The Kier molecular flexibility index (Phi) is 7.65. The Morgan fingerprint density at radius 3 is 2.81 bits per heavy atom. The van der Waals surface area contributed by atoms with Crippen molar-refractivity contribution in [3.8, 4) is 0 Å². The molecule has 0 radical (unpaired) electrons. The molecule has 2 aromatic heterocycles. The van der Waals surface area contributed by atoms with Gasteiger partial charge >= 0.3 is 5.97 Å². The van der Waals surface area contributed by atoms with Crippen LogP contribution in [0.1, 0.15) is 47.0 Å². The molecule has 7 nitrogen and oxygen atoms in total. The lowest BCUT2D eigenvalue weighted by Crippen LogP contribution is -2.16. The summed E-state index contributed by atoms with van der Waals surface area (Å²) in [6.07, 6.45) is 5.05. The van der Waals surface area contributed by atoms with Gasteiger partial charge in [0.15, 0.2) is 5.16 Å². The van der Waals surface area contributed by atoms with E-state index in [0.29, 0.717) is 10.6 Å². The lowest BCUT2D eigenvalue weighted by Gasteiger charge is -2.07. The fourth-order valence-electron chi connectivity index (χ4n) is 2.40. The third kappa shape index (κ3) is 5.07. The summed E-state index contributed by atoms with van der Waals surface area (Å²) in [6.45, 7) is 6.76. The van der Waals surface area contributed by atoms with Crippen LogP contribution in [0, 0.1) is 13.8 Å². The molecular weight excluding hydrogens is 372 g/mol. The van der Waals surface area contributed by atoms with Crippen molar-refractivity contribution in [2.45, 2.75) is 51.7 Å². The zero-order valence-electron chi connectivity index (χ0n) is 15.5. The number of aromatic nitrogens is 3. The molecule has 0 bridgehead atoms. The molecule has 0 spiro atoms. The van der Waals surface area contributed by atoms with Gasteiger partial charge in [0.1, 0.15) is 11.3 Å². The second-order valence-electron chi connectivity index (χ2n) is 5.83. The van der Waals surface area contributed by atoms with E-state index in [4.69, 9.17) is 4.74 Å². The SMILES string of the molecule is CCCCCn1cnnc1SCC(=O)Nc1sc(C)c(C)c1C(=O)OC. The Bertz CT molecular complexity index is 770. The first-order valence-electron chi connectivity index (χ1n) is 8.46. The fourth-order valence-corrected chi connectivity index (χ4v) is 4.20. The summed E-state index contributed by atoms with van der Waals surface area (Å²) < 4.78 is 6.79. The van der Waals surface area contributed by atoms with Crippen molar-refractivity contribution in [2.24, 2.45) is 0 Å². The number of esters is 1. The topological polar surface area (TPSA) is 86.1 Å². The molecule has 2 heterocycles. The van der Waals surface area contributed by atoms with E-state index in [1.165, 1.54) is 30.2 Å². The maximum absolute atomic E-state index is 12.3. The lowest BCUT2D eigenvalue weighted by molar-refractivity contribution is -0.113. The third-order valence-corrected chi connectivity index (χ3v) is 6.05. The van der Waals surface area contributed by atoms with Crippen LogP contribution >= 0.6 is 23.1 Å². The number of methoxy groups -OCH3 is 1. The molecule has 9 heteroatoms. The van der Waals surface area contributed by atoms with Gasteiger partial charge in [-0.05, 0) is 25.8 Å². The Balaban J connectivity index is 1.97. The standard InChI is InChI=1S/C17H24N4O3S2/c1-5-6-7-8-21-10-18-20-17(21)25-9-13(22)19-15-14(16(23)24-4)11(2)12(3)26-15/h10H,5-9H2,1-4H3,(H,19,22). The summed E-state index contributed by atoms with van der Waals surface area (Å²) in [5.74, 6) is -0.432. The second kappa shape index (κ2) is 9.72. The number of aryl methyl sites for hydroxylation is 2. The summed E-state index contributed by atoms with van der Waals surface area (Å²) in [4.78, 5) is 25.3. The van der Waals surface area contributed by atoms with Crippen LogP contribution in [0.25, 0.3) is 0 Å². The molecule has 0 aliphatic carbocycles. The van der Waals surface area contributed by atoms with Gasteiger partial charge in [-0.25, -0.2) is 4.79 Å². The maximum atomic E-state index is 12.3. The molecule has 1 amide bonds. The summed E-state index contributed by atoms with van der Waals surface area (Å²) in [6, 6.07) is 0. The van der Waals surface area contributed by atoms with Gasteiger partial charge in [0.2, 0.25) is 5.91 Å². The Morgan fingerprint density at radius 1 is 1.35 bits per heavy atom. The molecule has 0 aliphatic rings. The molecule has 0 aliphatic heterocycles. The van der Waals surface area contributed by atoms with E-state index < -0.39 is 5.97 Å². The van der Waals surface area contributed by atoms with Gasteiger partial charge in [0.05, 0.1) is 18.4 Å². The van der Waals surface area contributed by atoms with E-state index in [2.05, 4.69) is 22.4 Å². The van der Waals surface area contributed by atoms with Crippen molar-refractivity contribution < 1.29 is 14.3 Å². The zero-order valence-corrected chi connectivity index (χ0v) is 17.1. The van der Waals surface area contributed by atoms with Crippen LogP contribution in [-0.4, -0.2) is 39.5 Å². The van der Waals surface area contributed by atoms with Crippen molar-refractivity contribution >= 4 is 40.0 Å². The van der Waals surface area contributed by atoms with Crippen LogP contribution in [0.2, 0.25) is 0 Å². The first-order valence-corrected chi connectivity index (χ1v) is 10.3. The van der Waals surface area contributed by atoms with Crippen LogP contribution in [0.4, 0.5) is 5.00 Å². The van der Waals surface area contributed by atoms with E-state index >= 15 is 0 Å². The van der Waals surface area contributed by atoms with E-state index in [9.17, 15) is 9.59 Å². The molecule has 0 saturated heterocycles. The van der Waals surface area contributed by atoms with Crippen LogP contribution in [0.3, 0.4) is 0 Å². The van der Waals surface area contributed by atoms with Gasteiger partial charge < -0.3 is 14.6 Å². The lowest BCUT2D eigenvalue weighted by atomic mass is 10.1. The first-order chi connectivity index (χ1) is 12.5. The predicted molar refractivity (Wildman–Crippen MR) is 104 cm³/mol. The normalized spacial score (nSPS) is 10.8. The fraction of sp³-hybridized carbons (Fsp3) is 0.529. The van der Waals surface area contributed by atoms with E-state index in [0.717, 1.165) is 41.4 Å². The minimum absolute atomic E-state index is 0.190. The van der Waals surface area contributed by atoms with Crippen molar-refractivity contribution in [2.75, 3.05) is 18.2 Å².